The van der Waals surface area contributed by atoms with Crippen molar-refractivity contribution in [3.63, 3.8) is 0 Å². The number of H-pyrrole nitrogens is 1. The van der Waals surface area contributed by atoms with Crippen LogP contribution in [0.2, 0.25) is 0 Å². The summed E-state index contributed by atoms with van der Waals surface area (Å²) in [4.78, 5) is 3.95. The molecule has 0 bridgehead atoms. The van der Waals surface area contributed by atoms with E-state index in [9.17, 15) is 8.42 Å². The zero-order chi connectivity index (χ0) is 15.3. The molecule has 2 aromatic rings. The predicted molar refractivity (Wildman–Crippen MR) is 75.9 cm³/mol. The van der Waals surface area contributed by atoms with Crippen molar-refractivity contribution in [3.05, 3.63) is 29.6 Å². The first-order valence-corrected chi connectivity index (χ1v) is 8.15. The number of sulfonamides is 1. The Balaban J connectivity index is 2.03. The van der Waals surface area contributed by atoms with E-state index < -0.39 is 10.0 Å². The highest BCUT2D eigenvalue weighted by Gasteiger charge is 2.21. The minimum atomic E-state index is -3.68. The van der Waals surface area contributed by atoms with Gasteiger partial charge in [0.25, 0.3) is 10.0 Å². The number of hydrogen-bond donors (Lipinski definition) is 3. The van der Waals surface area contributed by atoms with E-state index in [-0.39, 0.29) is 11.6 Å². The average molecular weight is 313 g/mol. The molecular formula is C12H19N5O3S. The molecule has 0 saturated heterocycles. The Hall–Kier alpha value is -1.71. The summed E-state index contributed by atoms with van der Waals surface area (Å²) in [6.07, 6.45) is 4.02. The van der Waals surface area contributed by atoms with Gasteiger partial charge in [-0.05, 0) is 19.9 Å². The maximum absolute atomic E-state index is 12.2. The zero-order valence-corrected chi connectivity index (χ0v) is 12.8. The minimum absolute atomic E-state index is 0.00295. The summed E-state index contributed by atoms with van der Waals surface area (Å²) in [5.74, 6) is 0.955. The van der Waals surface area contributed by atoms with E-state index in [2.05, 4.69) is 25.2 Å². The molecule has 0 aliphatic carbocycles. The first kappa shape index (κ1) is 15.7. The maximum atomic E-state index is 12.2. The molecule has 2 aromatic heterocycles. The Morgan fingerprint density at radius 1 is 1.33 bits per heavy atom. The van der Waals surface area contributed by atoms with Gasteiger partial charge in [0.05, 0.1) is 18.9 Å². The monoisotopic (exact) mass is 313 g/mol. The Labute approximate surface area is 123 Å². The molecule has 9 heteroatoms. The van der Waals surface area contributed by atoms with Crippen molar-refractivity contribution in [2.24, 2.45) is 0 Å². The third-order valence-electron chi connectivity index (χ3n) is 2.77. The second-order valence-electron chi connectivity index (χ2n) is 4.59. The highest BCUT2D eigenvalue weighted by Crippen LogP contribution is 2.12. The van der Waals surface area contributed by atoms with Crippen LogP contribution in [0.1, 0.15) is 30.6 Å². The van der Waals surface area contributed by atoms with Gasteiger partial charge in [-0.15, -0.1) is 0 Å². The lowest BCUT2D eigenvalue weighted by Crippen LogP contribution is -2.25. The van der Waals surface area contributed by atoms with Gasteiger partial charge in [-0.25, -0.2) is 18.1 Å². The van der Waals surface area contributed by atoms with Gasteiger partial charge in [-0.1, -0.05) is 6.92 Å². The van der Waals surface area contributed by atoms with Crippen molar-refractivity contribution in [1.29, 1.82) is 0 Å². The SMILES string of the molecule is CCCNCc1cn[nH]c1S(=O)(=O)NCc1ncc(C)o1. The normalized spacial score (nSPS) is 11.9. The molecule has 8 nitrogen and oxygen atoms in total. The third kappa shape index (κ3) is 4.13. The van der Waals surface area contributed by atoms with Gasteiger partial charge >= 0.3 is 0 Å². The molecule has 0 radical (unpaired) electrons. The molecular weight excluding hydrogens is 294 g/mol. The van der Waals surface area contributed by atoms with Crippen LogP contribution in [0.25, 0.3) is 0 Å². The van der Waals surface area contributed by atoms with E-state index in [1.807, 2.05) is 6.92 Å². The van der Waals surface area contributed by atoms with Crippen LogP contribution in [0.15, 0.2) is 21.8 Å². The van der Waals surface area contributed by atoms with Crippen LogP contribution >= 0.6 is 0 Å². The van der Waals surface area contributed by atoms with E-state index in [1.165, 1.54) is 6.20 Å². The van der Waals surface area contributed by atoms with Crippen LogP contribution in [-0.2, 0) is 23.1 Å². The van der Waals surface area contributed by atoms with Crippen molar-refractivity contribution >= 4 is 10.0 Å². The fraction of sp³-hybridized carbons (Fsp3) is 0.500. The van der Waals surface area contributed by atoms with E-state index in [4.69, 9.17) is 4.42 Å². The summed E-state index contributed by atoms with van der Waals surface area (Å²) in [6.45, 7) is 5.04. The van der Waals surface area contributed by atoms with Crippen LogP contribution in [0.5, 0.6) is 0 Å². The highest BCUT2D eigenvalue weighted by atomic mass is 32.2. The molecule has 0 amide bonds. The molecule has 0 saturated carbocycles. The van der Waals surface area contributed by atoms with Gasteiger partial charge in [-0.2, -0.15) is 5.10 Å². The molecule has 116 valence electrons. The molecule has 0 fully saturated rings. The number of nitrogens with zero attached hydrogens (tertiary/aromatic N) is 2. The maximum Gasteiger partial charge on any atom is 0.258 e. The third-order valence-corrected chi connectivity index (χ3v) is 4.19. The van der Waals surface area contributed by atoms with E-state index >= 15 is 0 Å². The Kier molecular flexibility index (Phi) is 5.10. The van der Waals surface area contributed by atoms with E-state index in [0.717, 1.165) is 13.0 Å². The first-order valence-electron chi connectivity index (χ1n) is 6.67. The van der Waals surface area contributed by atoms with Crippen molar-refractivity contribution in [3.8, 4) is 0 Å². The summed E-state index contributed by atoms with van der Waals surface area (Å²) in [5, 5.41) is 9.53. The fourth-order valence-electron chi connectivity index (χ4n) is 1.77. The second kappa shape index (κ2) is 6.83. The molecule has 2 rings (SSSR count). The summed E-state index contributed by atoms with van der Waals surface area (Å²) in [7, 11) is -3.68. The van der Waals surface area contributed by atoms with Gasteiger partial charge < -0.3 is 9.73 Å². The standard InChI is InChI=1S/C12H19N5O3S/c1-3-4-13-6-10-7-15-17-12(10)21(18,19)16-8-11-14-5-9(2)20-11/h5,7,13,16H,3-4,6,8H2,1-2H3,(H,15,17). The van der Waals surface area contributed by atoms with Crippen LogP contribution in [0, 0.1) is 6.92 Å². The number of rotatable bonds is 8. The van der Waals surface area contributed by atoms with Crippen LogP contribution in [-0.4, -0.2) is 30.1 Å². The number of aromatic amines is 1. The first-order chi connectivity index (χ1) is 10.0. The van der Waals surface area contributed by atoms with Crippen molar-refractivity contribution in [2.75, 3.05) is 6.54 Å². The van der Waals surface area contributed by atoms with Crippen molar-refractivity contribution < 1.29 is 12.8 Å². The zero-order valence-electron chi connectivity index (χ0n) is 12.0. The fourth-order valence-corrected chi connectivity index (χ4v) is 2.87. The summed E-state index contributed by atoms with van der Waals surface area (Å²) in [5.41, 5.74) is 0.597. The van der Waals surface area contributed by atoms with Gasteiger partial charge in [0.1, 0.15) is 5.76 Å². The molecule has 0 spiro atoms. The molecule has 0 unspecified atom stereocenters. The Bertz CT molecular complexity index is 677. The van der Waals surface area contributed by atoms with Gasteiger partial charge in [-0.3, -0.25) is 5.10 Å². The number of nitrogens with one attached hydrogen (secondary N) is 3. The number of hydrogen-bond acceptors (Lipinski definition) is 6. The van der Waals surface area contributed by atoms with Gasteiger partial charge in [0, 0.05) is 12.1 Å². The lowest BCUT2D eigenvalue weighted by atomic mass is 10.3. The van der Waals surface area contributed by atoms with E-state index in [0.29, 0.717) is 23.8 Å². The molecule has 0 atom stereocenters. The summed E-state index contributed by atoms with van der Waals surface area (Å²) < 4.78 is 32.2. The van der Waals surface area contributed by atoms with Gasteiger partial charge in [0.15, 0.2) is 5.03 Å². The largest absolute Gasteiger partial charge is 0.445 e. The summed E-state index contributed by atoms with van der Waals surface area (Å²) >= 11 is 0. The Morgan fingerprint density at radius 3 is 2.81 bits per heavy atom. The molecule has 2 heterocycles. The number of aromatic nitrogens is 3. The smallest absolute Gasteiger partial charge is 0.258 e. The highest BCUT2D eigenvalue weighted by molar-refractivity contribution is 7.89. The predicted octanol–water partition coefficient (Wildman–Crippen LogP) is 0.684. The van der Waals surface area contributed by atoms with Crippen LogP contribution in [0.4, 0.5) is 0 Å². The van der Waals surface area contributed by atoms with Crippen molar-refractivity contribution in [2.45, 2.75) is 38.4 Å². The number of aryl methyl sites for hydroxylation is 1. The van der Waals surface area contributed by atoms with Crippen LogP contribution < -0.4 is 10.0 Å². The minimum Gasteiger partial charge on any atom is -0.445 e. The lowest BCUT2D eigenvalue weighted by Gasteiger charge is -2.06. The molecule has 21 heavy (non-hydrogen) atoms. The quantitative estimate of drug-likeness (QED) is 0.618. The molecule has 0 aliphatic heterocycles. The lowest BCUT2D eigenvalue weighted by molar-refractivity contribution is 0.463. The van der Waals surface area contributed by atoms with Crippen LogP contribution in [0.3, 0.4) is 0 Å². The second-order valence-corrected chi connectivity index (χ2v) is 6.29. The molecule has 0 aliphatic rings. The summed E-state index contributed by atoms with van der Waals surface area (Å²) in [6, 6.07) is 0. The Morgan fingerprint density at radius 2 is 2.14 bits per heavy atom. The van der Waals surface area contributed by atoms with E-state index in [1.54, 1.807) is 13.1 Å². The topological polar surface area (TPSA) is 113 Å². The van der Waals surface area contributed by atoms with Gasteiger partial charge in [0.2, 0.25) is 5.89 Å². The average Bonchev–Trinajstić information content (AvgIpc) is 3.06. The number of oxazole rings is 1. The molecule has 3 N–H and O–H groups in total. The molecule has 0 aromatic carbocycles. The van der Waals surface area contributed by atoms with Crippen molar-refractivity contribution in [1.82, 2.24) is 25.2 Å².